The van der Waals surface area contributed by atoms with Crippen LogP contribution in [0.1, 0.15) is 22.3 Å². The summed E-state index contributed by atoms with van der Waals surface area (Å²) in [5.74, 6) is 0.532. The molecule has 3 aromatic rings. The minimum absolute atomic E-state index is 0.240. The van der Waals surface area contributed by atoms with E-state index in [9.17, 15) is 4.39 Å². The summed E-state index contributed by atoms with van der Waals surface area (Å²) in [4.78, 5) is 4.57. The van der Waals surface area contributed by atoms with Gasteiger partial charge in [-0.3, -0.25) is 4.99 Å². The van der Waals surface area contributed by atoms with Gasteiger partial charge in [-0.1, -0.05) is 24.3 Å². The van der Waals surface area contributed by atoms with E-state index in [4.69, 9.17) is 4.74 Å². The number of hydrogen-bond acceptors (Lipinski definition) is 2. The predicted octanol–water partition coefficient (Wildman–Crippen LogP) is 5.77. The third kappa shape index (κ3) is 4.54. The fourth-order valence-corrected chi connectivity index (χ4v) is 2.42. The molecule has 0 aliphatic carbocycles. The Morgan fingerprint density at radius 2 is 1.64 bits per heavy atom. The Kier molecular flexibility index (Phi) is 5.24. The van der Waals surface area contributed by atoms with Gasteiger partial charge < -0.3 is 4.74 Å². The summed E-state index contributed by atoms with van der Waals surface area (Å²) in [6.45, 7) is 4.58. The molecule has 0 heterocycles. The largest absolute Gasteiger partial charge is 0.489 e. The van der Waals surface area contributed by atoms with Gasteiger partial charge >= 0.3 is 0 Å². The number of aliphatic imine (C=N–C) groups is 1. The first kappa shape index (κ1) is 16.9. The van der Waals surface area contributed by atoms with Crippen molar-refractivity contribution < 1.29 is 9.13 Å². The summed E-state index contributed by atoms with van der Waals surface area (Å²) in [5.41, 5.74) is 5.35. The fourth-order valence-electron chi connectivity index (χ4n) is 2.42. The molecular formula is C22H20FNO. The van der Waals surface area contributed by atoms with Gasteiger partial charge in [-0.15, -0.1) is 0 Å². The van der Waals surface area contributed by atoms with Crippen LogP contribution >= 0.6 is 0 Å². The van der Waals surface area contributed by atoms with E-state index in [1.165, 1.54) is 23.3 Å². The van der Waals surface area contributed by atoms with Crippen LogP contribution in [0.5, 0.6) is 5.75 Å². The zero-order valence-electron chi connectivity index (χ0n) is 14.4. The molecular weight excluding hydrogens is 313 g/mol. The molecule has 0 N–H and O–H groups in total. The Bertz CT molecular complexity index is 868. The van der Waals surface area contributed by atoms with E-state index in [0.717, 1.165) is 22.6 Å². The number of halogens is 1. The molecule has 0 atom stereocenters. The Morgan fingerprint density at radius 3 is 2.36 bits per heavy atom. The van der Waals surface area contributed by atoms with Crippen LogP contribution in [0.25, 0.3) is 0 Å². The van der Waals surface area contributed by atoms with Crippen LogP contribution in [-0.4, -0.2) is 6.21 Å². The second-order valence-corrected chi connectivity index (χ2v) is 5.96. The number of hydrogen-bond donors (Lipinski definition) is 0. The quantitative estimate of drug-likeness (QED) is 0.543. The highest BCUT2D eigenvalue weighted by Crippen LogP contribution is 2.21. The van der Waals surface area contributed by atoms with E-state index in [1.807, 2.05) is 42.6 Å². The van der Waals surface area contributed by atoms with Crippen molar-refractivity contribution in [2.45, 2.75) is 20.5 Å². The molecule has 3 heteroatoms. The van der Waals surface area contributed by atoms with Crippen molar-refractivity contribution in [3.8, 4) is 5.75 Å². The molecule has 0 aromatic heterocycles. The first-order valence-corrected chi connectivity index (χ1v) is 8.19. The van der Waals surface area contributed by atoms with Crippen LogP contribution in [0, 0.1) is 19.7 Å². The lowest BCUT2D eigenvalue weighted by molar-refractivity contribution is 0.306. The maximum atomic E-state index is 12.9. The van der Waals surface area contributed by atoms with Gasteiger partial charge in [0, 0.05) is 6.21 Å². The smallest absolute Gasteiger partial charge is 0.123 e. The van der Waals surface area contributed by atoms with Gasteiger partial charge in [0.2, 0.25) is 0 Å². The van der Waals surface area contributed by atoms with Crippen LogP contribution in [0.3, 0.4) is 0 Å². The van der Waals surface area contributed by atoms with Crippen molar-refractivity contribution >= 4 is 11.9 Å². The average Bonchev–Trinajstić information content (AvgIpc) is 2.63. The molecule has 0 aliphatic heterocycles. The minimum atomic E-state index is -0.240. The van der Waals surface area contributed by atoms with Crippen LogP contribution in [0.4, 0.5) is 10.1 Å². The molecule has 3 aromatic carbocycles. The number of ether oxygens (including phenoxy) is 1. The van der Waals surface area contributed by atoms with Gasteiger partial charge in [-0.05, 0) is 78.6 Å². The third-order valence-electron chi connectivity index (χ3n) is 4.13. The maximum Gasteiger partial charge on any atom is 0.123 e. The van der Waals surface area contributed by atoms with Crippen molar-refractivity contribution in [2.24, 2.45) is 4.99 Å². The highest BCUT2D eigenvalue weighted by Gasteiger charge is 1.99. The van der Waals surface area contributed by atoms with Crippen LogP contribution in [-0.2, 0) is 6.61 Å². The molecule has 3 rings (SSSR count). The molecule has 0 unspecified atom stereocenters. The average molecular weight is 333 g/mol. The normalized spacial score (nSPS) is 11.0. The number of nitrogens with zero attached hydrogens (tertiary/aromatic N) is 1. The maximum absolute atomic E-state index is 12.9. The molecule has 2 nitrogen and oxygen atoms in total. The summed E-state index contributed by atoms with van der Waals surface area (Å²) < 4.78 is 18.6. The van der Waals surface area contributed by atoms with Gasteiger partial charge in [0.15, 0.2) is 0 Å². The highest BCUT2D eigenvalue weighted by atomic mass is 19.1. The van der Waals surface area contributed by atoms with Crippen LogP contribution in [0.15, 0.2) is 71.7 Å². The summed E-state index contributed by atoms with van der Waals surface area (Å²) in [6, 6.07) is 20.2. The SMILES string of the molecule is Cc1cccc(N=Cc2ccc(OCc3ccc(F)cc3)cc2)c1C. The molecule has 0 radical (unpaired) electrons. The number of rotatable bonds is 5. The summed E-state index contributed by atoms with van der Waals surface area (Å²) >= 11 is 0. The molecule has 0 saturated heterocycles. The molecule has 0 aliphatic rings. The lowest BCUT2D eigenvalue weighted by Crippen LogP contribution is -1.95. The van der Waals surface area contributed by atoms with Crippen molar-refractivity contribution in [3.05, 3.63) is 94.8 Å². The van der Waals surface area contributed by atoms with Crippen molar-refractivity contribution in [3.63, 3.8) is 0 Å². The second-order valence-electron chi connectivity index (χ2n) is 5.96. The third-order valence-corrected chi connectivity index (χ3v) is 4.13. The van der Waals surface area contributed by atoms with Gasteiger partial charge in [-0.2, -0.15) is 0 Å². The molecule has 0 fully saturated rings. The summed E-state index contributed by atoms with van der Waals surface area (Å²) in [7, 11) is 0. The van der Waals surface area contributed by atoms with Gasteiger partial charge in [0.05, 0.1) is 5.69 Å². The highest BCUT2D eigenvalue weighted by molar-refractivity contribution is 5.82. The minimum Gasteiger partial charge on any atom is -0.489 e. The molecule has 25 heavy (non-hydrogen) atoms. The Balaban J connectivity index is 1.63. The van der Waals surface area contributed by atoms with Crippen molar-refractivity contribution in [1.82, 2.24) is 0 Å². The van der Waals surface area contributed by atoms with E-state index in [0.29, 0.717) is 6.61 Å². The molecule has 126 valence electrons. The van der Waals surface area contributed by atoms with Gasteiger partial charge in [0.25, 0.3) is 0 Å². The Labute approximate surface area is 147 Å². The Hall–Kier alpha value is -2.94. The lowest BCUT2D eigenvalue weighted by atomic mass is 10.1. The van der Waals surface area contributed by atoms with Gasteiger partial charge in [0.1, 0.15) is 18.2 Å². The zero-order chi connectivity index (χ0) is 17.6. The van der Waals surface area contributed by atoms with E-state index in [2.05, 4.69) is 24.9 Å². The van der Waals surface area contributed by atoms with Gasteiger partial charge in [-0.25, -0.2) is 4.39 Å². The Morgan fingerprint density at radius 1 is 0.920 bits per heavy atom. The number of benzene rings is 3. The molecule has 0 spiro atoms. The summed E-state index contributed by atoms with van der Waals surface area (Å²) in [5, 5.41) is 0. The van der Waals surface area contributed by atoms with Crippen LogP contribution < -0.4 is 4.74 Å². The first-order valence-electron chi connectivity index (χ1n) is 8.19. The topological polar surface area (TPSA) is 21.6 Å². The zero-order valence-corrected chi connectivity index (χ0v) is 14.4. The monoisotopic (exact) mass is 333 g/mol. The van der Waals surface area contributed by atoms with E-state index < -0.39 is 0 Å². The van der Waals surface area contributed by atoms with E-state index in [-0.39, 0.29) is 5.82 Å². The first-order chi connectivity index (χ1) is 12.1. The van der Waals surface area contributed by atoms with Crippen molar-refractivity contribution in [2.75, 3.05) is 0 Å². The molecule has 0 bridgehead atoms. The van der Waals surface area contributed by atoms with Crippen LogP contribution in [0.2, 0.25) is 0 Å². The molecule has 0 amide bonds. The van der Waals surface area contributed by atoms with E-state index >= 15 is 0 Å². The predicted molar refractivity (Wildman–Crippen MR) is 100 cm³/mol. The van der Waals surface area contributed by atoms with Crippen molar-refractivity contribution in [1.29, 1.82) is 0 Å². The molecule has 0 saturated carbocycles. The number of aryl methyl sites for hydroxylation is 1. The fraction of sp³-hybridized carbons (Fsp3) is 0.136. The van der Waals surface area contributed by atoms with E-state index in [1.54, 1.807) is 12.1 Å². The summed E-state index contributed by atoms with van der Waals surface area (Å²) in [6.07, 6.45) is 1.85. The lowest BCUT2D eigenvalue weighted by Gasteiger charge is -2.06. The standard InChI is InChI=1S/C22H20FNO/c1-16-4-3-5-22(17(16)2)24-14-18-8-12-21(13-9-18)25-15-19-6-10-20(23)11-7-19/h3-14H,15H2,1-2H3. The second kappa shape index (κ2) is 7.75.